The quantitative estimate of drug-likeness (QED) is 0.554. The molecular weight excluding hydrogens is 151 g/mol. The summed E-state index contributed by atoms with van der Waals surface area (Å²) in [6.07, 6.45) is 0. The third-order valence-corrected chi connectivity index (χ3v) is 1.31. The van der Waals surface area contributed by atoms with Crippen LogP contribution in [0, 0.1) is 0 Å². The lowest BCUT2D eigenvalue weighted by Crippen LogP contribution is -1.71. The van der Waals surface area contributed by atoms with Crippen LogP contribution in [0.3, 0.4) is 0 Å². The second-order valence-electron chi connectivity index (χ2n) is 1.62. The highest BCUT2D eigenvalue weighted by Crippen LogP contribution is 2.00. The van der Waals surface area contributed by atoms with Gasteiger partial charge in [-0.05, 0) is 5.56 Å². The Labute approximate surface area is 65.6 Å². The molecule has 0 nitrogen and oxygen atoms in total. The molecule has 10 heavy (non-hydrogen) atoms. The van der Waals surface area contributed by atoms with Crippen LogP contribution < -0.4 is 0 Å². The van der Waals surface area contributed by atoms with E-state index in [0.29, 0.717) is 13.1 Å². The lowest BCUT2D eigenvalue weighted by molar-refractivity contribution is 0.636. The number of halogens is 2. The predicted molar refractivity (Wildman–Crippen MR) is 43.0 cm³/mol. The molecule has 1 rings (SSSR count). The van der Waals surface area contributed by atoms with Gasteiger partial charge >= 0.3 is 0 Å². The summed E-state index contributed by atoms with van der Waals surface area (Å²) < 4.78 is 9.50. The Hall–Kier alpha value is -0.560. The molecule has 0 heterocycles. The van der Waals surface area contributed by atoms with Crippen molar-refractivity contribution in [2.24, 2.45) is 0 Å². The molecule has 0 spiro atoms. The summed E-state index contributed by atoms with van der Waals surface area (Å²) in [5, 5.41) is 0. The van der Waals surface area contributed by atoms with Crippen molar-refractivity contribution < 1.29 is 4.39 Å². The van der Waals surface area contributed by atoms with Crippen LogP contribution in [0.25, 0.3) is 0 Å². The van der Waals surface area contributed by atoms with Gasteiger partial charge in [0.1, 0.15) is 0 Å². The van der Waals surface area contributed by atoms with Crippen molar-refractivity contribution in [3.63, 3.8) is 0 Å². The van der Waals surface area contributed by atoms with Crippen LogP contribution in [0.5, 0.6) is 0 Å². The van der Waals surface area contributed by atoms with Gasteiger partial charge in [0.2, 0.25) is 0 Å². The van der Waals surface area contributed by atoms with E-state index in [1.54, 1.807) is 0 Å². The SMILES string of the molecule is CF.ClCc1ccccc1. The van der Waals surface area contributed by atoms with Gasteiger partial charge in [0.05, 0.1) is 7.18 Å². The normalized spacial score (nSPS) is 7.90. The molecule has 0 radical (unpaired) electrons. The highest BCUT2D eigenvalue weighted by molar-refractivity contribution is 6.17. The maximum absolute atomic E-state index is 9.50. The zero-order chi connectivity index (χ0) is 7.82. The molecule has 0 aliphatic carbocycles. The molecule has 1 aromatic carbocycles. The van der Waals surface area contributed by atoms with Crippen LogP contribution in [-0.4, -0.2) is 7.18 Å². The number of hydrogen-bond acceptors (Lipinski definition) is 0. The van der Waals surface area contributed by atoms with Gasteiger partial charge in [0.15, 0.2) is 0 Å². The fraction of sp³-hybridized carbons (Fsp3) is 0.250. The molecule has 0 unspecified atom stereocenters. The van der Waals surface area contributed by atoms with Crippen molar-refractivity contribution in [2.75, 3.05) is 7.18 Å². The van der Waals surface area contributed by atoms with Gasteiger partial charge in [0.25, 0.3) is 0 Å². The standard InChI is InChI=1S/C7H7Cl.CH3F/c8-6-7-4-2-1-3-5-7;1-2/h1-5H,6H2;1H3. The summed E-state index contributed by atoms with van der Waals surface area (Å²) in [7, 11) is 0.500. The largest absolute Gasteiger partial charge is 0.255 e. The van der Waals surface area contributed by atoms with Gasteiger partial charge in [-0.3, -0.25) is 4.39 Å². The zero-order valence-electron chi connectivity index (χ0n) is 5.85. The maximum atomic E-state index is 9.50. The van der Waals surface area contributed by atoms with E-state index in [9.17, 15) is 4.39 Å². The predicted octanol–water partition coefficient (Wildman–Crippen LogP) is 3.01. The summed E-state index contributed by atoms with van der Waals surface area (Å²) in [6, 6.07) is 9.96. The molecule has 1 aromatic rings. The third-order valence-electron chi connectivity index (χ3n) is 0.997. The van der Waals surface area contributed by atoms with Crippen LogP contribution in [0.1, 0.15) is 5.56 Å². The van der Waals surface area contributed by atoms with E-state index in [2.05, 4.69) is 0 Å². The Kier molecular flexibility index (Phi) is 6.19. The van der Waals surface area contributed by atoms with E-state index in [1.807, 2.05) is 30.3 Å². The van der Waals surface area contributed by atoms with Crippen LogP contribution in [0.2, 0.25) is 0 Å². The van der Waals surface area contributed by atoms with Gasteiger partial charge in [0, 0.05) is 5.88 Å². The molecule has 56 valence electrons. The Morgan fingerprint density at radius 3 is 2.00 bits per heavy atom. The number of alkyl halides is 2. The highest BCUT2D eigenvalue weighted by Gasteiger charge is 1.81. The fourth-order valence-corrected chi connectivity index (χ4v) is 0.745. The fourth-order valence-electron chi connectivity index (χ4n) is 0.567. The smallest absolute Gasteiger partial charge is 0.0785 e. The van der Waals surface area contributed by atoms with Gasteiger partial charge < -0.3 is 0 Å². The molecule has 0 bridgehead atoms. The first kappa shape index (κ1) is 9.44. The first-order valence-corrected chi connectivity index (χ1v) is 3.44. The van der Waals surface area contributed by atoms with Crippen molar-refractivity contribution in [3.8, 4) is 0 Å². The second kappa shape index (κ2) is 6.56. The van der Waals surface area contributed by atoms with E-state index in [4.69, 9.17) is 11.6 Å². The summed E-state index contributed by atoms with van der Waals surface area (Å²) >= 11 is 5.53. The van der Waals surface area contributed by atoms with Crippen LogP contribution in [0.15, 0.2) is 30.3 Å². The summed E-state index contributed by atoms with van der Waals surface area (Å²) in [5.74, 6) is 0.612. The second-order valence-corrected chi connectivity index (χ2v) is 1.89. The Bertz CT molecular complexity index is 151. The first-order chi connectivity index (χ1) is 4.93. The van der Waals surface area contributed by atoms with Crippen molar-refractivity contribution in [2.45, 2.75) is 5.88 Å². The highest BCUT2D eigenvalue weighted by atomic mass is 35.5. The molecule has 0 saturated heterocycles. The first-order valence-electron chi connectivity index (χ1n) is 2.91. The van der Waals surface area contributed by atoms with Gasteiger partial charge in [-0.15, -0.1) is 11.6 Å². The van der Waals surface area contributed by atoms with E-state index in [-0.39, 0.29) is 0 Å². The minimum absolute atomic E-state index is 0.500. The van der Waals surface area contributed by atoms with Gasteiger partial charge in [-0.25, -0.2) is 0 Å². The lowest BCUT2D eigenvalue weighted by atomic mass is 10.2. The minimum Gasteiger partial charge on any atom is -0.255 e. The van der Waals surface area contributed by atoms with E-state index < -0.39 is 0 Å². The van der Waals surface area contributed by atoms with E-state index in [1.165, 1.54) is 5.56 Å². The average Bonchev–Trinajstić information content (AvgIpc) is 2.10. The lowest BCUT2D eigenvalue weighted by Gasteiger charge is -1.88. The summed E-state index contributed by atoms with van der Waals surface area (Å²) in [6.45, 7) is 0. The van der Waals surface area contributed by atoms with Crippen LogP contribution >= 0.6 is 11.6 Å². The molecule has 0 amide bonds. The Morgan fingerprint density at radius 1 is 1.20 bits per heavy atom. The van der Waals surface area contributed by atoms with Crippen molar-refractivity contribution >= 4 is 11.6 Å². The minimum atomic E-state index is 0.500. The van der Waals surface area contributed by atoms with E-state index in [0.717, 1.165) is 0 Å². The Balaban J connectivity index is 0.000000371. The van der Waals surface area contributed by atoms with Crippen molar-refractivity contribution in [1.82, 2.24) is 0 Å². The van der Waals surface area contributed by atoms with Crippen LogP contribution in [0.4, 0.5) is 4.39 Å². The number of hydrogen-bond donors (Lipinski definition) is 0. The Morgan fingerprint density at radius 2 is 1.70 bits per heavy atom. The monoisotopic (exact) mass is 160 g/mol. The van der Waals surface area contributed by atoms with Gasteiger partial charge in [-0.2, -0.15) is 0 Å². The number of benzene rings is 1. The average molecular weight is 161 g/mol. The van der Waals surface area contributed by atoms with Crippen molar-refractivity contribution in [1.29, 1.82) is 0 Å². The molecule has 0 aromatic heterocycles. The van der Waals surface area contributed by atoms with E-state index >= 15 is 0 Å². The molecule has 2 heteroatoms. The maximum Gasteiger partial charge on any atom is 0.0785 e. The molecule has 0 N–H and O–H groups in total. The molecule has 0 saturated carbocycles. The van der Waals surface area contributed by atoms with Crippen LogP contribution in [-0.2, 0) is 5.88 Å². The molecule has 0 aliphatic heterocycles. The molecule has 0 fully saturated rings. The van der Waals surface area contributed by atoms with Crippen molar-refractivity contribution in [3.05, 3.63) is 35.9 Å². The zero-order valence-corrected chi connectivity index (χ0v) is 6.61. The van der Waals surface area contributed by atoms with Gasteiger partial charge in [-0.1, -0.05) is 30.3 Å². The number of rotatable bonds is 1. The summed E-state index contributed by atoms with van der Waals surface area (Å²) in [5.41, 5.74) is 1.18. The molecule has 0 aliphatic rings. The topological polar surface area (TPSA) is 0 Å². The molecule has 0 atom stereocenters. The molecular formula is C8H10ClF. The third kappa shape index (κ3) is 3.46. The summed E-state index contributed by atoms with van der Waals surface area (Å²) in [4.78, 5) is 0.